The molecule has 9 rings (SSSR count). The number of carbonyl (C=O) groups excluding carboxylic acids is 3. The van der Waals surface area contributed by atoms with Crippen molar-refractivity contribution >= 4 is 83.2 Å². The number of anilines is 3. The van der Waals surface area contributed by atoms with Crippen molar-refractivity contribution < 1.29 is 103 Å². The van der Waals surface area contributed by atoms with Crippen molar-refractivity contribution in [3.63, 3.8) is 0 Å². The number of nitrogens with zero attached hydrogens (tertiary/aromatic N) is 18. The Morgan fingerprint density at radius 2 is 0.896 bits per heavy atom. The summed E-state index contributed by atoms with van der Waals surface area (Å²) in [7, 11) is -4.93. The van der Waals surface area contributed by atoms with Gasteiger partial charge in [-0.05, 0) is 121 Å². The highest BCUT2D eigenvalue weighted by Crippen LogP contribution is 2.54. The fourth-order valence-electron chi connectivity index (χ4n) is 14.2. The summed E-state index contributed by atoms with van der Waals surface area (Å²) in [5.41, 5.74) is -0.231. The molecule has 740 valence electrons. The van der Waals surface area contributed by atoms with E-state index < -0.39 is 116 Å². The van der Waals surface area contributed by atoms with Crippen molar-refractivity contribution in [2.24, 2.45) is 0 Å². The molecule has 1 aromatic carbocycles. The van der Waals surface area contributed by atoms with E-state index in [1.807, 2.05) is 100 Å². The van der Waals surface area contributed by atoms with Gasteiger partial charge < -0.3 is 114 Å². The molecule has 15 atom stereocenters. The normalized spacial score (nSPS) is 20.5. The van der Waals surface area contributed by atoms with Gasteiger partial charge in [-0.15, -0.1) is 0 Å². The number of para-hydroxylation sites is 1. The number of H-pyrrole nitrogens is 1. The van der Waals surface area contributed by atoms with Gasteiger partial charge in [0.25, 0.3) is 37.0 Å². The fraction of sp³-hybridized carbons (Fsp3) is 0.663. The van der Waals surface area contributed by atoms with E-state index in [0.717, 1.165) is 0 Å². The number of aromatic nitrogens is 10. The number of nitrogens with one attached hydrogen (secondary N) is 4. The van der Waals surface area contributed by atoms with E-state index in [0.29, 0.717) is 36.2 Å². The van der Waals surface area contributed by atoms with E-state index in [1.165, 1.54) is 43.3 Å². The molecule has 3 fully saturated rings. The topological polar surface area (TPSA) is 499 Å². The van der Waals surface area contributed by atoms with Gasteiger partial charge in [-0.1, -0.05) is 39.0 Å². The van der Waals surface area contributed by atoms with Gasteiger partial charge in [-0.25, -0.2) is 58.5 Å². The van der Waals surface area contributed by atoms with E-state index in [9.17, 15) is 24.0 Å². The van der Waals surface area contributed by atoms with Crippen LogP contribution in [-0.4, -0.2) is 278 Å². The molecular formula is C86H127N22O24P3. The highest BCUT2D eigenvalue weighted by molar-refractivity contribution is 7.45. The molecular weight excluding hydrogens is 1820 g/mol. The van der Waals surface area contributed by atoms with Crippen LogP contribution in [0.3, 0.4) is 0 Å². The van der Waals surface area contributed by atoms with Crippen LogP contribution in [0.2, 0.25) is 0 Å². The third-order valence-electron chi connectivity index (χ3n) is 19.7. The molecule has 5 aromatic heterocycles. The smallest absolute Gasteiger partial charge is 0.351 e. The summed E-state index contributed by atoms with van der Waals surface area (Å²) < 4.78 is 126. The average molecular weight is 1950 g/mol. The highest BCUT2D eigenvalue weighted by atomic mass is 31.2. The van der Waals surface area contributed by atoms with Crippen LogP contribution in [0.4, 0.5) is 17.6 Å². The predicted molar refractivity (Wildman–Crippen MR) is 493 cm³/mol. The lowest BCUT2D eigenvalue weighted by molar-refractivity contribution is -0.174. The minimum absolute atomic E-state index is 0.0194. The zero-order valence-electron chi connectivity index (χ0n) is 79.4. The lowest BCUT2D eigenvalue weighted by atomic mass is 10.1. The standard InChI is InChI=1S/C33H45N8O9P.C27H41N8O7P.C26H41N6O8P/c1-7-25-28(50-51(48-17-15-35-6)41(22(2)3)23(4)5)29(47-21-45-20-44-16-11-14-34)32(49-25)40-19-36-27-30(40)38-33(39-31(27)43)37-26(42)18-46-24-12-9-8-10-13-24;1-8-21-23(42-43(40-13-11-29-7)35(18(2)3)19(4)5)24(39-17-38-16-37-12-9-10-28)27(41-21)34-15-32-22-25(33-20(6)36)30-14-31-26(22)34;1-8-21-23(40-41(38-15-12-28-7)32(18(2)3)19(4)5)24(37-17-36-16-35-14-9-11-27)25(39-21)31-13-10-22(29-20(6)33)30-26(31)34/h8-10,12-13,19,22-23,25,28-29,32H,7,11,15-18,20-21H2,1-5H3,(H2,37,38,39,42,43);14-15,18-19,21,23-24,27H,8-9,11-13,16-17H2,1-6H3,(H,30,31,33,36);10,13,18-19,21,23-25H,8-9,12,14-17H2,1-6H3,(H,29,30,33,34)/t25-,28?,29+,32-,51?;21-,23?,24+,27-,43?;21-,23?,24+,25-,41?/m111/s1. The summed E-state index contributed by atoms with van der Waals surface area (Å²) in [6, 6.07) is 16.8. The summed E-state index contributed by atoms with van der Waals surface area (Å²) in [5, 5.41) is 33.9. The van der Waals surface area contributed by atoms with E-state index in [-0.39, 0.29) is 203 Å². The van der Waals surface area contributed by atoms with Crippen molar-refractivity contribution in [1.82, 2.24) is 62.6 Å². The van der Waals surface area contributed by atoms with E-state index in [1.54, 1.807) is 39.7 Å². The van der Waals surface area contributed by atoms with Gasteiger partial charge in [0, 0.05) is 56.3 Å². The molecule has 3 aliphatic heterocycles. The number of fused-ring (bicyclic) bond motifs is 2. The Bertz CT molecular complexity index is 4940. The quantitative estimate of drug-likeness (QED) is 0.0119. The second kappa shape index (κ2) is 60.3. The first kappa shape index (κ1) is 113. The minimum Gasteiger partial charge on any atom is -0.484 e. The number of carbonyl (C=O) groups is 3. The van der Waals surface area contributed by atoms with Gasteiger partial charge in [0.15, 0.2) is 53.4 Å². The molecule has 3 aliphatic rings. The molecule has 0 aliphatic carbocycles. The largest absolute Gasteiger partial charge is 0.484 e. The predicted octanol–water partition coefficient (Wildman–Crippen LogP) is 11.8. The monoisotopic (exact) mass is 1940 g/mol. The van der Waals surface area contributed by atoms with Crippen molar-refractivity contribution in [2.75, 3.05) is 123 Å². The van der Waals surface area contributed by atoms with Crippen LogP contribution in [0.5, 0.6) is 5.75 Å². The molecule has 3 saturated heterocycles. The number of hydrogen-bond acceptors (Lipinski definition) is 36. The molecule has 49 heteroatoms. The summed E-state index contributed by atoms with van der Waals surface area (Å²) in [4.78, 5) is 101. The van der Waals surface area contributed by atoms with Crippen LogP contribution in [0.25, 0.3) is 36.9 Å². The second-order valence-corrected chi connectivity index (χ2v) is 35.9. The number of imidazole rings is 2. The fourth-order valence-corrected chi connectivity index (χ4v) is 19.5. The Morgan fingerprint density at radius 3 is 1.27 bits per heavy atom. The number of benzene rings is 1. The molecule has 0 radical (unpaired) electrons. The van der Waals surface area contributed by atoms with Crippen LogP contribution in [0, 0.1) is 53.7 Å². The number of ether oxygens (including phenoxy) is 13. The van der Waals surface area contributed by atoms with Crippen molar-refractivity contribution in [1.29, 1.82) is 15.8 Å². The summed E-state index contributed by atoms with van der Waals surface area (Å²) in [6.45, 7) is 55.5. The molecule has 0 saturated carbocycles. The second-order valence-electron chi connectivity index (χ2n) is 31.7. The zero-order chi connectivity index (χ0) is 98.5. The van der Waals surface area contributed by atoms with Gasteiger partial charge >= 0.3 is 5.69 Å². The molecule has 0 spiro atoms. The first-order valence-corrected chi connectivity index (χ1v) is 47.7. The lowest BCUT2D eigenvalue weighted by Gasteiger charge is -2.38. The van der Waals surface area contributed by atoms with Crippen molar-refractivity contribution in [2.45, 2.75) is 266 Å². The number of rotatable bonds is 57. The number of nitriles is 3. The van der Waals surface area contributed by atoms with Crippen LogP contribution in [0.1, 0.15) is 175 Å². The van der Waals surface area contributed by atoms with Gasteiger partial charge in [0.05, 0.1) is 88.3 Å². The van der Waals surface area contributed by atoms with Gasteiger partial charge in [0.1, 0.15) is 115 Å². The van der Waals surface area contributed by atoms with Crippen LogP contribution in [0.15, 0.2) is 71.2 Å². The molecule has 3 amide bonds. The Kier molecular flexibility index (Phi) is 50.3. The lowest BCUT2D eigenvalue weighted by Crippen LogP contribution is -2.41. The Hall–Kier alpha value is -9.40. The minimum atomic E-state index is -1.69. The van der Waals surface area contributed by atoms with Crippen LogP contribution >= 0.6 is 25.6 Å². The molecule has 8 heterocycles. The van der Waals surface area contributed by atoms with Gasteiger partial charge in [-0.3, -0.25) is 43.2 Å². The molecule has 4 N–H and O–H groups in total. The van der Waals surface area contributed by atoms with E-state index >= 15 is 0 Å². The van der Waals surface area contributed by atoms with Crippen molar-refractivity contribution in [3.8, 4) is 24.0 Å². The Balaban J connectivity index is 0.000000278. The summed E-state index contributed by atoms with van der Waals surface area (Å²) >= 11 is 0. The molecule has 0 bridgehead atoms. The molecule has 135 heavy (non-hydrogen) atoms. The highest BCUT2D eigenvalue weighted by Gasteiger charge is 2.53. The SMILES string of the molecule is [C-]#[N+]CCOP(OC1[C@@H](CC)O[C@@H](n2ccc(NC(C)=O)nc2=O)[C@H]1OCOCOCCC#N)N(C(C)C)C(C)C.[C-]#[N+]CCOP(OC1[C@@H](CC)O[C@@H](n2cnc3c(=O)[nH]c(NC(=O)COc4ccccc4)nc32)[C@H]1OCOCOCCC#N)N(C(C)C)C(C)C.[C-]#[N+]CCOP(OC1[C@@H](CC)O[C@@H](n2cnc3c(NC(C)=O)ncnc32)[C@H]1OCOCOCCC#N)N(C(C)C)C(C)C. The Morgan fingerprint density at radius 1 is 0.496 bits per heavy atom. The maximum atomic E-state index is 13.1. The van der Waals surface area contributed by atoms with Gasteiger partial charge in [0.2, 0.25) is 37.4 Å². The summed E-state index contributed by atoms with van der Waals surface area (Å²) in [5.74, 6) is -0.367. The summed E-state index contributed by atoms with van der Waals surface area (Å²) in [6.07, 6.45) is -0.0532. The van der Waals surface area contributed by atoms with E-state index in [2.05, 4.69) is 107 Å². The number of amides is 3. The Labute approximate surface area is 790 Å². The average Bonchev–Trinajstić information content (AvgIpc) is 1.60. The molecule has 6 unspecified atom stereocenters. The first-order valence-electron chi connectivity index (χ1n) is 44.3. The first-order chi connectivity index (χ1) is 65.0. The van der Waals surface area contributed by atoms with Crippen molar-refractivity contribution in [3.05, 3.63) is 117 Å². The molecule has 6 aromatic rings. The number of aromatic amines is 1. The maximum Gasteiger partial charge on any atom is 0.351 e. The molecule has 46 nitrogen and oxygen atoms in total. The number of hydrogen-bond donors (Lipinski definition) is 4. The third-order valence-corrected chi connectivity index (χ3v) is 26.1. The van der Waals surface area contributed by atoms with E-state index in [4.69, 9.17) is 124 Å². The third kappa shape index (κ3) is 34.6. The maximum absolute atomic E-state index is 13.1. The zero-order valence-corrected chi connectivity index (χ0v) is 82.1. The van der Waals surface area contributed by atoms with Gasteiger partial charge in [-0.2, -0.15) is 25.8 Å². The van der Waals surface area contributed by atoms with Crippen LogP contribution in [-0.2, 0) is 98.4 Å². The van der Waals surface area contributed by atoms with Crippen LogP contribution < -0.4 is 31.9 Å².